The van der Waals surface area contributed by atoms with Crippen LogP contribution in [0.2, 0.25) is 0 Å². The molecular formula is C15H18N2O2. The molecule has 0 spiro atoms. The van der Waals surface area contributed by atoms with Crippen molar-refractivity contribution < 1.29 is 9.59 Å². The van der Waals surface area contributed by atoms with E-state index in [1.807, 2.05) is 19.1 Å². The van der Waals surface area contributed by atoms with Gasteiger partial charge in [0.05, 0.1) is 5.69 Å². The van der Waals surface area contributed by atoms with Crippen LogP contribution >= 0.6 is 0 Å². The molecule has 0 bridgehead atoms. The summed E-state index contributed by atoms with van der Waals surface area (Å²) < 4.78 is 0. The van der Waals surface area contributed by atoms with Gasteiger partial charge in [0.25, 0.3) is 0 Å². The summed E-state index contributed by atoms with van der Waals surface area (Å²) in [5, 5.41) is 3.31. The van der Waals surface area contributed by atoms with Crippen molar-refractivity contribution in [3.8, 4) is 0 Å². The van der Waals surface area contributed by atoms with Crippen LogP contribution in [0.5, 0.6) is 0 Å². The van der Waals surface area contributed by atoms with Gasteiger partial charge in [-0.15, -0.1) is 0 Å². The Bertz CT molecular complexity index is 521. The molecule has 2 aliphatic heterocycles. The molecule has 1 saturated heterocycles. The molecule has 0 aliphatic carbocycles. The van der Waals surface area contributed by atoms with Crippen molar-refractivity contribution in [2.45, 2.75) is 32.7 Å². The Morgan fingerprint density at radius 3 is 2.68 bits per heavy atom. The average molecular weight is 258 g/mol. The minimum atomic E-state index is -0.0669. The Morgan fingerprint density at radius 1 is 1.21 bits per heavy atom. The number of rotatable bonds is 1. The number of amides is 2. The van der Waals surface area contributed by atoms with Crippen molar-refractivity contribution >= 4 is 17.5 Å². The molecule has 0 aromatic heterocycles. The van der Waals surface area contributed by atoms with Crippen LogP contribution in [-0.2, 0) is 22.6 Å². The molecule has 2 heterocycles. The number of piperidine rings is 1. The Labute approximate surface area is 112 Å². The van der Waals surface area contributed by atoms with E-state index in [4.69, 9.17) is 0 Å². The second-order valence-corrected chi connectivity index (χ2v) is 5.48. The fraction of sp³-hybridized carbons (Fsp3) is 0.467. The number of hydrogen-bond acceptors (Lipinski definition) is 3. The summed E-state index contributed by atoms with van der Waals surface area (Å²) in [6.07, 6.45) is 1.88. The first kappa shape index (κ1) is 12.4. The first-order valence-electron chi connectivity index (χ1n) is 6.84. The van der Waals surface area contributed by atoms with E-state index < -0.39 is 0 Å². The van der Waals surface area contributed by atoms with Gasteiger partial charge < -0.3 is 5.32 Å². The van der Waals surface area contributed by atoms with Gasteiger partial charge in [0.1, 0.15) is 0 Å². The van der Waals surface area contributed by atoms with Gasteiger partial charge in [0.2, 0.25) is 11.8 Å². The summed E-state index contributed by atoms with van der Waals surface area (Å²) >= 11 is 0. The van der Waals surface area contributed by atoms with E-state index in [2.05, 4.69) is 11.4 Å². The number of anilines is 1. The van der Waals surface area contributed by atoms with Crippen molar-refractivity contribution in [3.05, 3.63) is 29.3 Å². The minimum absolute atomic E-state index is 0.0669. The molecular weight excluding hydrogens is 240 g/mol. The molecule has 1 fully saturated rings. The normalized spacial score (nSPS) is 20.6. The third-order valence-corrected chi connectivity index (χ3v) is 3.91. The number of nitrogens with zero attached hydrogens (tertiary/aromatic N) is 1. The standard InChI is InChI=1S/C15H18N2O2/c1-10-7-14(18)17(15(19)8-10)13-4-2-3-11-5-6-16-9-12(11)13/h2-4,10,16H,5-9H2,1H3. The predicted molar refractivity (Wildman–Crippen MR) is 72.7 cm³/mol. The fourth-order valence-electron chi connectivity index (χ4n) is 2.96. The van der Waals surface area contributed by atoms with Crippen molar-refractivity contribution in [1.82, 2.24) is 5.32 Å². The zero-order valence-corrected chi connectivity index (χ0v) is 11.1. The summed E-state index contributed by atoms with van der Waals surface area (Å²) in [5.41, 5.74) is 3.13. The topological polar surface area (TPSA) is 49.4 Å². The number of carbonyl (C=O) groups is 2. The van der Waals surface area contributed by atoms with Gasteiger partial charge in [0.15, 0.2) is 0 Å². The smallest absolute Gasteiger partial charge is 0.234 e. The lowest BCUT2D eigenvalue weighted by molar-refractivity contribution is -0.130. The second-order valence-electron chi connectivity index (χ2n) is 5.48. The maximum atomic E-state index is 12.2. The molecule has 4 heteroatoms. The highest BCUT2D eigenvalue weighted by molar-refractivity contribution is 6.17. The van der Waals surface area contributed by atoms with Crippen LogP contribution in [0, 0.1) is 5.92 Å². The molecule has 0 atom stereocenters. The zero-order chi connectivity index (χ0) is 13.4. The molecule has 100 valence electrons. The SMILES string of the molecule is CC1CC(=O)N(c2cccc3c2CNCC3)C(=O)C1. The van der Waals surface area contributed by atoms with Crippen LogP contribution < -0.4 is 10.2 Å². The maximum Gasteiger partial charge on any atom is 0.234 e. The van der Waals surface area contributed by atoms with E-state index >= 15 is 0 Å². The van der Waals surface area contributed by atoms with Gasteiger partial charge in [-0.3, -0.25) is 14.5 Å². The quantitative estimate of drug-likeness (QED) is 0.779. The Kier molecular flexibility index (Phi) is 3.11. The second kappa shape index (κ2) is 4.78. The monoisotopic (exact) mass is 258 g/mol. The van der Waals surface area contributed by atoms with Gasteiger partial charge in [-0.25, -0.2) is 0 Å². The molecule has 0 saturated carbocycles. The van der Waals surface area contributed by atoms with Gasteiger partial charge in [-0.1, -0.05) is 19.1 Å². The Morgan fingerprint density at radius 2 is 1.95 bits per heavy atom. The van der Waals surface area contributed by atoms with Gasteiger partial charge in [-0.05, 0) is 36.1 Å². The first-order valence-corrected chi connectivity index (χ1v) is 6.84. The first-order chi connectivity index (χ1) is 9.16. The third kappa shape index (κ3) is 2.16. The van der Waals surface area contributed by atoms with Crippen LogP contribution in [0.3, 0.4) is 0 Å². The summed E-state index contributed by atoms with van der Waals surface area (Å²) in [6, 6.07) is 5.91. The molecule has 1 aromatic carbocycles. The van der Waals surface area contributed by atoms with Crippen LogP contribution in [0.4, 0.5) is 5.69 Å². The molecule has 2 amide bonds. The summed E-state index contributed by atoms with van der Waals surface area (Å²) in [4.78, 5) is 25.8. The lowest BCUT2D eigenvalue weighted by atomic mass is 9.94. The van der Waals surface area contributed by atoms with E-state index in [-0.39, 0.29) is 17.7 Å². The van der Waals surface area contributed by atoms with E-state index in [0.717, 1.165) is 30.8 Å². The van der Waals surface area contributed by atoms with E-state index in [1.165, 1.54) is 10.5 Å². The van der Waals surface area contributed by atoms with Crippen LogP contribution in [-0.4, -0.2) is 18.4 Å². The van der Waals surface area contributed by atoms with Gasteiger partial charge >= 0.3 is 0 Å². The van der Waals surface area contributed by atoms with E-state index in [1.54, 1.807) is 0 Å². The number of fused-ring (bicyclic) bond motifs is 1. The highest BCUT2D eigenvalue weighted by atomic mass is 16.2. The molecule has 0 radical (unpaired) electrons. The summed E-state index contributed by atoms with van der Waals surface area (Å²) in [5.74, 6) is 0.0272. The number of imide groups is 1. The van der Waals surface area contributed by atoms with Gasteiger partial charge in [0, 0.05) is 19.4 Å². The van der Waals surface area contributed by atoms with Crippen molar-refractivity contribution in [3.63, 3.8) is 0 Å². The van der Waals surface area contributed by atoms with Crippen LogP contribution in [0.1, 0.15) is 30.9 Å². The average Bonchev–Trinajstić information content (AvgIpc) is 2.38. The summed E-state index contributed by atoms with van der Waals surface area (Å²) in [6.45, 7) is 3.64. The number of hydrogen-bond donors (Lipinski definition) is 1. The molecule has 0 unspecified atom stereocenters. The number of nitrogens with one attached hydrogen (secondary N) is 1. The Hall–Kier alpha value is -1.68. The molecule has 1 N–H and O–H groups in total. The summed E-state index contributed by atoms with van der Waals surface area (Å²) in [7, 11) is 0. The van der Waals surface area contributed by atoms with Gasteiger partial charge in [-0.2, -0.15) is 0 Å². The van der Waals surface area contributed by atoms with Crippen molar-refractivity contribution in [2.24, 2.45) is 5.92 Å². The maximum absolute atomic E-state index is 12.2. The van der Waals surface area contributed by atoms with Crippen LogP contribution in [0.15, 0.2) is 18.2 Å². The molecule has 2 aliphatic rings. The van der Waals surface area contributed by atoms with Crippen molar-refractivity contribution in [1.29, 1.82) is 0 Å². The highest BCUT2D eigenvalue weighted by Gasteiger charge is 2.33. The highest BCUT2D eigenvalue weighted by Crippen LogP contribution is 2.31. The molecule has 3 rings (SSSR count). The lowest BCUT2D eigenvalue weighted by Gasteiger charge is -2.31. The largest absolute Gasteiger partial charge is 0.312 e. The fourth-order valence-corrected chi connectivity index (χ4v) is 2.96. The van der Waals surface area contributed by atoms with E-state index in [9.17, 15) is 9.59 Å². The minimum Gasteiger partial charge on any atom is -0.312 e. The third-order valence-electron chi connectivity index (χ3n) is 3.91. The Balaban J connectivity index is 2.02. The predicted octanol–water partition coefficient (Wildman–Crippen LogP) is 1.62. The molecule has 1 aromatic rings. The van der Waals surface area contributed by atoms with E-state index in [0.29, 0.717) is 12.8 Å². The van der Waals surface area contributed by atoms with Crippen molar-refractivity contribution in [2.75, 3.05) is 11.4 Å². The number of carbonyl (C=O) groups excluding carboxylic acids is 2. The number of benzene rings is 1. The van der Waals surface area contributed by atoms with Crippen LogP contribution in [0.25, 0.3) is 0 Å². The lowest BCUT2D eigenvalue weighted by Crippen LogP contribution is -2.44. The molecule has 4 nitrogen and oxygen atoms in total. The zero-order valence-electron chi connectivity index (χ0n) is 11.1. The molecule has 19 heavy (non-hydrogen) atoms.